The molecule has 0 radical (unpaired) electrons. The molecule has 6 heteroatoms. The van der Waals surface area contributed by atoms with Crippen molar-refractivity contribution in [2.24, 2.45) is 5.73 Å². The second kappa shape index (κ2) is 7.68. The van der Waals surface area contributed by atoms with E-state index in [4.69, 9.17) is 10.5 Å². The Balaban J connectivity index is 1.69. The van der Waals surface area contributed by atoms with Crippen LogP contribution in [0.1, 0.15) is 17.2 Å². The lowest BCUT2D eigenvalue weighted by molar-refractivity contribution is -0.121. The summed E-state index contributed by atoms with van der Waals surface area (Å²) in [5.74, 6) is 1.80. The van der Waals surface area contributed by atoms with Gasteiger partial charge in [0.05, 0.1) is 0 Å². The van der Waals surface area contributed by atoms with Crippen molar-refractivity contribution in [3.63, 3.8) is 0 Å². The van der Waals surface area contributed by atoms with Crippen LogP contribution in [0.15, 0.2) is 48.5 Å². The number of thioether (sulfide) groups is 1. The Morgan fingerprint density at radius 1 is 1.12 bits per heavy atom. The lowest BCUT2D eigenvalue weighted by atomic mass is 10.1. The lowest BCUT2D eigenvalue weighted by Gasteiger charge is -2.16. The van der Waals surface area contributed by atoms with Crippen molar-refractivity contribution in [3.8, 4) is 11.5 Å². The molecule has 0 saturated carbocycles. The molecule has 2 atom stereocenters. The van der Waals surface area contributed by atoms with E-state index in [1.54, 1.807) is 23.9 Å². The predicted molar refractivity (Wildman–Crippen MR) is 93.7 cm³/mol. The number of carbonyl (C=O) groups excluding carboxylic acids is 1. The van der Waals surface area contributed by atoms with Crippen molar-refractivity contribution in [3.05, 3.63) is 59.9 Å². The summed E-state index contributed by atoms with van der Waals surface area (Å²) in [5, 5.41) is 2.75. The number of ether oxygens (including phenoxy) is 1. The molecule has 3 rings (SSSR count). The van der Waals surface area contributed by atoms with Crippen LogP contribution in [-0.2, 0) is 4.79 Å². The molecule has 0 bridgehead atoms. The Hall–Kier alpha value is -2.05. The van der Waals surface area contributed by atoms with Crippen LogP contribution in [0.25, 0.3) is 0 Å². The number of halogens is 1. The summed E-state index contributed by atoms with van der Waals surface area (Å²) in [7, 11) is 0. The van der Waals surface area contributed by atoms with Crippen molar-refractivity contribution in [2.45, 2.75) is 17.7 Å². The Morgan fingerprint density at radius 3 is 2.38 bits per heavy atom. The maximum atomic E-state index is 12.9. The van der Waals surface area contributed by atoms with Crippen molar-refractivity contribution in [1.29, 1.82) is 0 Å². The maximum Gasteiger partial charge on any atom is 0.237 e. The Morgan fingerprint density at radius 2 is 1.75 bits per heavy atom. The third-order valence-corrected chi connectivity index (χ3v) is 5.14. The minimum atomic E-state index is -0.301. The van der Waals surface area contributed by atoms with E-state index in [2.05, 4.69) is 5.32 Å². The van der Waals surface area contributed by atoms with Gasteiger partial charge in [0.1, 0.15) is 22.6 Å². The first kappa shape index (κ1) is 16.8. The quantitative estimate of drug-likeness (QED) is 0.892. The minimum absolute atomic E-state index is 0.000142. The van der Waals surface area contributed by atoms with E-state index in [1.165, 1.54) is 12.1 Å². The molecule has 3 N–H and O–H groups in total. The van der Waals surface area contributed by atoms with Crippen LogP contribution < -0.4 is 15.8 Å². The van der Waals surface area contributed by atoms with Gasteiger partial charge in [-0.25, -0.2) is 4.39 Å². The molecule has 2 aromatic rings. The summed E-state index contributed by atoms with van der Waals surface area (Å²) >= 11 is 1.63. The molecule has 2 aromatic carbocycles. The SMILES string of the molecule is NC[C@@H]1CCS[C@H](c2ccc(Oc3ccc(F)cc3)cc2)C(=O)N1. The Bertz CT molecular complexity index is 691. The molecule has 0 unspecified atom stereocenters. The first-order chi connectivity index (χ1) is 11.7. The number of nitrogens with one attached hydrogen (secondary N) is 1. The fourth-order valence-electron chi connectivity index (χ4n) is 2.53. The summed E-state index contributed by atoms with van der Waals surface area (Å²) in [6.07, 6.45) is 0.884. The molecule has 1 heterocycles. The van der Waals surface area contributed by atoms with Crippen molar-refractivity contribution in [2.75, 3.05) is 12.3 Å². The van der Waals surface area contributed by atoms with Crippen molar-refractivity contribution >= 4 is 17.7 Å². The molecule has 0 aliphatic carbocycles. The van der Waals surface area contributed by atoms with E-state index in [0.717, 1.165) is 17.7 Å². The van der Waals surface area contributed by atoms with Gasteiger partial charge in [0, 0.05) is 12.6 Å². The molecule has 0 aromatic heterocycles. The van der Waals surface area contributed by atoms with Crippen LogP contribution in [0.2, 0.25) is 0 Å². The van der Waals surface area contributed by atoms with Crippen LogP contribution in [0, 0.1) is 5.82 Å². The number of amides is 1. The van der Waals surface area contributed by atoms with Gasteiger partial charge < -0.3 is 15.8 Å². The van der Waals surface area contributed by atoms with Gasteiger partial charge in [0.2, 0.25) is 5.91 Å². The molecule has 0 spiro atoms. The first-order valence-corrected chi connectivity index (χ1v) is 8.86. The molecule has 4 nitrogen and oxygen atoms in total. The fraction of sp³-hybridized carbons (Fsp3) is 0.278. The van der Waals surface area contributed by atoms with Gasteiger partial charge >= 0.3 is 0 Å². The topological polar surface area (TPSA) is 64.3 Å². The molecule has 1 fully saturated rings. The average Bonchev–Trinajstić information content (AvgIpc) is 2.79. The Labute approximate surface area is 144 Å². The summed E-state index contributed by atoms with van der Waals surface area (Å²) in [6.45, 7) is 0.462. The number of nitrogens with two attached hydrogens (primary N) is 1. The molecule has 126 valence electrons. The molecule has 1 aliphatic rings. The second-order valence-electron chi connectivity index (χ2n) is 5.61. The molecular weight excluding hydrogens is 327 g/mol. The summed E-state index contributed by atoms with van der Waals surface area (Å²) in [5.41, 5.74) is 6.59. The maximum absolute atomic E-state index is 12.9. The van der Waals surface area contributed by atoms with Crippen LogP contribution in [0.4, 0.5) is 4.39 Å². The van der Waals surface area contributed by atoms with Gasteiger partial charge in [-0.15, -0.1) is 11.8 Å². The van der Waals surface area contributed by atoms with Gasteiger partial charge in [-0.1, -0.05) is 12.1 Å². The zero-order valence-corrected chi connectivity index (χ0v) is 13.9. The lowest BCUT2D eigenvalue weighted by Crippen LogP contribution is -2.40. The highest BCUT2D eigenvalue weighted by Gasteiger charge is 2.26. The molecule has 1 aliphatic heterocycles. The van der Waals surface area contributed by atoms with Crippen LogP contribution in [0.5, 0.6) is 11.5 Å². The number of hydrogen-bond acceptors (Lipinski definition) is 4. The minimum Gasteiger partial charge on any atom is -0.457 e. The highest BCUT2D eigenvalue weighted by atomic mass is 32.2. The number of carbonyl (C=O) groups is 1. The van der Waals surface area contributed by atoms with E-state index in [0.29, 0.717) is 18.0 Å². The fourth-order valence-corrected chi connectivity index (χ4v) is 3.75. The van der Waals surface area contributed by atoms with Gasteiger partial charge in [-0.3, -0.25) is 4.79 Å². The van der Waals surface area contributed by atoms with Gasteiger partial charge in [0.25, 0.3) is 0 Å². The average molecular weight is 346 g/mol. The molecule has 1 saturated heterocycles. The van der Waals surface area contributed by atoms with E-state index in [9.17, 15) is 9.18 Å². The molecule has 1 amide bonds. The van der Waals surface area contributed by atoms with E-state index in [1.807, 2.05) is 24.3 Å². The molecular formula is C18H19FN2O2S. The zero-order valence-electron chi connectivity index (χ0n) is 13.1. The third-order valence-electron chi connectivity index (χ3n) is 3.85. The van der Waals surface area contributed by atoms with Crippen LogP contribution in [0.3, 0.4) is 0 Å². The van der Waals surface area contributed by atoms with E-state index in [-0.39, 0.29) is 23.0 Å². The summed E-state index contributed by atoms with van der Waals surface area (Å²) in [6, 6.07) is 13.3. The van der Waals surface area contributed by atoms with Gasteiger partial charge in [-0.2, -0.15) is 0 Å². The molecule has 24 heavy (non-hydrogen) atoms. The number of hydrogen-bond donors (Lipinski definition) is 2. The summed E-state index contributed by atoms with van der Waals surface area (Å²) < 4.78 is 18.6. The summed E-state index contributed by atoms with van der Waals surface area (Å²) in [4.78, 5) is 12.3. The van der Waals surface area contributed by atoms with Crippen LogP contribution >= 0.6 is 11.8 Å². The van der Waals surface area contributed by atoms with Crippen molar-refractivity contribution in [1.82, 2.24) is 5.32 Å². The smallest absolute Gasteiger partial charge is 0.237 e. The standard InChI is InChI=1S/C18H19FN2O2S/c19-13-3-7-16(8-4-13)23-15-5-1-12(2-6-15)17-18(22)21-14(11-20)9-10-24-17/h1-8,14,17H,9-11,20H2,(H,21,22)/t14-,17+/m0/s1. The van der Waals surface area contributed by atoms with Gasteiger partial charge in [-0.05, 0) is 54.1 Å². The van der Waals surface area contributed by atoms with E-state index >= 15 is 0 Å². The zero-order chi connectivity index (χ0) is 16.9. The van der Waals surface area contributed by atoms with Crippen molar-refractivity contribution < 1.29 is 13.9 Å². The van der Waals surface area contributed by atoms with Crippen LogP contribution in [-0.4, -0.2) is 24.2 Å². The van der Waals surface area contributed by atoms with E-state index < -0.39 is 0 Å². The second-order valence-corrected chi connectivity index (χ2v) is 6.82. The normalized spacial score (nSPS) is 21.0. The highest BCUT2D eigenvalue weighted by molar-refractivity contribution is 8.00. The Kier molecular flexibility index (Phi) is 5.37. The predicted octanol–water partition coefficient (Wildman–Crippen LogP) is 3.24. The monoisotopic (exact) mass is 346 g/mol. The first-order valence-electron chi connectivity index (χ1n) is 7.81. The number of benzene rings is 2. The third kappa shape index (κ3) is 4.07. The highest BCUT2D eigenvalue weighted by Crippen LogP contribution is 2.33. The largest absolute Gasteiger partial charge is 0.457 e. The number of rotatable bonds is 4. The van der Waals surface area contributed by atoms with Gasteiger partial charge in [0.15, 0.2) is 0 Å².